The normalized spacial score (nSPS) is 11.7. The van der Waals surface area contributed by atoms with Crippen LogP contribution in [0.4, 0.5) is 0 Å². The van der Waals surface area contributed by atoms with Crippen molar-refractivity contribution in [1.29, 1.82) is 5.26 Å². The molecule has 110 valence electrons. The lowest BCUT2D eigenvalue weighted by molar-refractivity contribution is 1.20. The highest BCUT2D eigenvalue weighted by Gasteiger charge is 2.26. The molecule has 0 spiro atoms. The molecule has 2 heteroatoms. The molecular formula is C21H16N2. The summed E-state index contributed by atoms with van der Waals surface area (Å²) in [7, 11) is 0. The molecule has 4 rings (SSSR count). The van der Waals surface area contributed by atoms with Crippen molar-refractivity contribution < 1.29 is 0 Å². The zero-order valence-electron chi connectivity index (χ0n) is 13.2. The first-order chi connectivity index (χ1) is 11.2. The third kappa shape index (κ3) is 2.05. The molecule has 0 N–H and O–H groups in total. The van der Waals surface area contributed by atoms with Gasteiger partial charge >= 0.3 is 0 Å². The molecule has 3 aromatic rings. The SMILES string of the molecule is Cc1ccc2c(c1)Cc1c(C#N)cnc(-c3ccccc3C)c1-2. The van der Waals surface area contributed by atoms with E-state index in [0.29, 0.717) is 5.56 Å². The van der Waals surface area contributed by atoms with Crippen LogP contribution in [-0.4, -0.2) is 4.98 Å². The molecule has 1 aromatic heterocycles. The Morgan fingerprint density at radius 3 is 2.65 bits per heavy atom. The number of fused-ring (bicyclic) bond motifs is 3. The van der Waals surface area contributed by atoms with Gasteiger partial charge in [0, 0.05) is 23.7 Å². The molecule has 1 heterocycles. The molecule has 0 radical (unpaired) electrons. The van der Waals surface area contributed by atoms with Crippen LogP contribution in [0.2, 0.25) is 0 Å². The lowest BCUT2D eigenvalue weighted by atomic mass is 9.95. The van der Waals surface area contributed by atoms with Crippen LogP contribution in [0.15, 0.2) is 48.7 Å². The van der Waals surface area contributed by atoms with E-state index in [2.05, 4.69) is 55.2 Å². The van der Waals surface area contributed by atoms with Crippen LogP contribution in [0.25, 0.3) is 22.4 Å². The Bertz CT molecular complexity index is 978. The van der Waals surface area contributed by atoms with E-state index in [1.807, 2.05) is 12.1 Å². The molecule has 0 unspecified atom stereocenters. The minimum absolute atomic E-state index is 0.686. The van der Waals surface area contributed by atoms with E-state index in [0.717, 1.165) is 28.8 Å². The fourth-order valence-corrected chi connectivity index (χ4v) is 3.47. The molecule has 1 aliphatic rings. The number of hydrogen-bond donors (Lipinski definition) is 0. The summed E-state index contributed by atoms with van der Waals surface area (Å²) in [5.74, 6) is 0. The van der Waals surface area contributed by atoms with Gasteiger partial charge in [-0.25, -0.2) is 0 Å². The van der Waals surface area contributed by atoms with E-state index in [-0.39, 0.29) is 0 Å². The number of aromatic nitrogens is 1. The highest BCUT2D eigenvalue weighted by molar-refractivity contribution is 5.90. The molecular weight excluding hydrogens is 280 g/mol. The second-order valence-corrected chi connectivity index (χ2v) is 6.14. The zero-order chi connectivity index (χ0) is 16.0. The van der Waals surface area contributed by atoms with Gasteiger partial charge < -0.3 is 0 Å². The van der Waals surface area contributed by atoms with Crippen molar-refractivity contribution in [2.75, 3.05) is 0 Å². The number of aryl methyl sites for hydroxylation is 2. The molecule has 0 fully saturated rings. The number of pyridine rings is 1. The topological polar surface area (TPSA) is 36.7 Å². The maximum Gasteiger partial charge on any atom is 0.101 e. The van der Waals surface area contributed by atoms with Crippen molar-refractivity contribution in [1.82, 2.24) is 4.98 Å². The summed E-state index contributed by atoms with van der Waals surface area (Å²) in [6.45, 7) is 4.21. The molecule has 0 aliphatic heterocycles. The summed E-state index contributed by atoms with van der Waals surface area (Å²) in [5, 5.41) is 9.46. The fourth-order valence-electron chi connectivity index (χ4n) is 3.47. The van der Waals surface area contributed by atoms with Crippen LogP contribution in [-0.2, 0) is 6.42 Å². The molecule has 2 nitrogen and oxygen atoms in total. The quantitative estimate of drug-likeness (QED) is 0.505. The molecule has 0 amide bonds. The van der Waals surface area contributed by atoms with Crippen LogP contribution < -0.4 is 0 Å². The highest BCUT2D eigenvalue weighted by Crippen LogP contribution is 2.44. The number of benzene rings is 2. The van der Waals surface area contributed by atoms with Gasteiger partial charge in [-0.2, -0.15) is 5.26 Å². The van der Waals surface area contributed by atoms with Gasteiger partial charge in [-0.1, -0.05) is 48.0 Å². The van der Waals surface area contributed by atoms with Gasteiger partial charge in [-0.3, -0.25) is 4.98 Å². The van der Waals surface area contributed by atoms with Crippen molar-refractivity contribution in [3.05, 3.63) is 76.5 Å². The Hall–Kier alpha value is -2.92. The predicted octanol–water partition coefficient (Wildman–Crippen LogP) is 4.81. The van der Waals surface area contributed by atoms with E-state index < -0.39 is 0 Å². The number of nitriles is 1. The average molecular weight is 296 g/mol. The van der Waals surface area contributed by atoms with Crippen molar-refractivity contribution >= 4 is 0 Å². The predicted molar refractivity (Wildman–Crippen MR) is 92.1 cm³/mol. The van der Waals surface area contributed by atoms with Crippen molar-refractivity contribution in [3.8, 4) is 28.5 Å². The molecule has 1 aliphatic carbocycles. The summed E-state index contributed by atoms with van der Waals surface area (Å²) >= 11 is 0. The first kappa shape index (κ1) is 13.7. The van der Waals surface area contributed by atoms with Gasteiger partial charge in [0.05, 0.1) is 11.3 Å². The van der Waals surface area contributed by atoms with Crippen molar-refractivity contribution in [2.24, 2.45) is 0 Å². The first-order valence-corrected chi connectivity index (χ1v) is 7.77. The van der Waals surface area contributed by atoms with Crippen LogP contribution in [0.1, 0.15) is 27.8 Å². The van der Waals surface area contributed by atoms with E-state index in [9.17, 15) is 5.26 Å². The highest BCUT2D eigenvalue weighted by atomic mass is 14.7. The molecule has 0 bridgehead atoms. The Kier molecular flexibility index (Phi) is 3.02. The minimum atomic E-state index is 0.686. The number of rotatable bonds is 1. The van der Waals surface area contributed by atoms with Gasteiger partial charge in [0.1, 0.15) is 6.07 Å². The third-order valence-electron chi connectivity index (χ3n) is 4.60. The van der Waals surface area contributed by atoms with E-state index in [4.69, 9.17) is 0 Å². The Morgan fingerprint density at radius 1 is 1.04 bits per heavy atom. The van der Waals surface area contributed by atoms with Gasteiger partial charge in [0.15, 0.2) is 0 Å². The number of nitrogens with zero attached hydrogens (tertiary/aromatic N) is 2. The van der Waals surface area contributed by atoms with Crippen LogP contribution >= 0.6 is 0 Å². The largest absolute Gasteiger partial charge is 0.254 e. The lowest BCUT2D eigenvalue weighted by Crippen LogP contribution is -1.95. The van der Waals surface area contributed by atoms with Crippen molar-refractivity contribution in [3.63, 3.8) is 0 Å². The molecule has 2 aromatic carbocycles. The molecule has 0 saturated heterocycles. The first-order valence-electron chi connectivity index (χ1n) is 7.77. The van der Waals surface area contributed by atoms with Gasteiger partial charge in [0.2, 0.25) is 0 Å². The second kappa shape index (κ2) is 5.07. The summed E-state index contributed by atoms with van der Waals surface area (Å²) in [6.07, 6.45) is 2.54. The molecule has 0 saturated carbocycles. The number of hydrogen-bond acceptors (Lipinski definition) is 2. The average Bonchev–Trinajstić information content (AvgIpc) is 2.93. The van der Waals surface area contributed by atoms with Gasteiger partial charge in [-0.15, -0.1) is 0 Å². The fraction of sp³-hybridized carbons (Fsp3) is 0.143. The maximum absolute atomic E-state index is 9.46. The summed E-state index contributed by atoms with van der Waals surface area (Å²) in [6, 6.07) is 17.1. The smallest absolute Gasteiger partial charge is 0.101 e. The zero-order valence-corrected chi connectivity index (χ0v) is 13.2. The monoisotopic (exact) mass is 296 g/mol. The van der Waals surface area contributed by atoms with Crippen LogP contribution in [0.5, 0.6) is 0 Å². The molecule has 23 heavy (non-hydrogen) atoms. The Balaban J connectivity index is 2.06. The minimum Gasteiger partial charge on any atom is -0.254 e. The van der Waals surface area contributed by atoms with E-state index >= 15 is 0 Å². The standard InChI is InChI=1S/C21H16N2/c1-13-7-8-18-15(9-13)10-19-16(11-22)12-23-21(20(18)19)17-6-4-3-5-14(17)2/h3-9,12H,10H2,1-2H3. The summed E-state index contributed by atoms with van der Waals surface area (Å²) in [4.78, 5) is 4.65. The van der Waals surface area contributed by atoms with Crippen LogP contribution in [0, 0.1) is 25.2 Å². The van der Waals surface area contributed by atoms with Crippen LogP contribution in [0.3, 0.4) is 0 Å². The molecule has 0 atom stereocenters. The Labute approximate surface area is 136 Å². The summed E-state index contributed by atoms with van der Waals surface area (Å²) in [5.41, 5.74) is 10.0. The van der Waals surface area contributed by atoms with E-state index in [1.165, 1.54) is 22.3 Å². The lowest BCUT2D eigenvalue weighted by Gasteiger charge is -2.12. The Morgan fingerprint density at radius 2 is 1.87 bits per heavy atom. The van der Waals surface area contributed by atoms with E-state index in [1.54, 1.807) is 6.20 Å². The van der Waals surface area contributed by atoms with Gasteiger partial charge in [0.25, 0.3) is 0 Å². The maximum atomic E-state index is 9.46. The third-order valence-corrected chi connectivity index (χ3v) is 4.60. The van der Waals surface area contributed by atoms with Gasteiger partial charge in [-0.05, 0) is 36.1 Å². The second-order valence-electron chi connectivity index (χ2n) is 6.14. The summed E-state index contributed by atoms with van der Waals surface area (Å²) < 4.78 is 0. The van der Waals surface area contributed by atoms with Crippen molar-refractivity contribution in [2.45, 2.75) is 20.3 Å².